The van der Waals surface area contributed by atoms with Crippen molar-refractivity contribution in [3.8, 4) is 0 Å². The van der Waals surface area contributed by atoms with Crippen LogP contribution in [0, 0.1) is 0 Å². The molecule has 7 heteroatoms. The molecule has 18 heavy (non-hydrogen) atoms. The molecule has 0 radical (unpaired) electrons. The Morgan fingerprint density at radius 1 is 1.61 bits per heavy atom. The summed E-state index contributed by atoms with van der Waals surface area (Å²) in [5, 5.41) is 10.7. The Morgan fingerprint density at radius 2 is 2.39 bits per heavy atom. The Balaban J connectivity index is 0.00000162. The zero-order valence-electron chi connectivity index (χ0n) is 10.3. The van der Waals surface area contributed by atoms with Gasteiger partial charge >= 0.3 is 0 Å². The summed E-state index contributed by atoms with van der Waals surface area (Å²) >= 11 is 3.30. The van der Waals surface area contributed by atoms with Gasteiger partial charge in [-0.15, -0.1) is 12.4 Å². The Bertz CT molecular complexity index is 445. The summed E-state index contributed by atoms with van der Waals surface area (Å²) in [6.07, 6.45) is 5.39. The Morgan fingerprint density at radius 3 is 3.06 bits per heavy atom. The first-order valence-electron chi connectivity index (χ1n) is 5.87. The number of aryl methyl sites for hydroxylation is 1. The van der Waals surface area contributed by atoms with E-state index >= 15 is 0 Å². The van der Waals surface area contributed by atoms with Crippen LogP contribution in [0.2, 0.25) is 0 Å². The van der Waals surface area contributed by atoms with E-state index in [0.29, 0.717) is 10.5 Å². The highest BCUT2D eigenvalue weighted by Crippen LogP contribution is 2.16. The third kappa shape index (κ3) is 3.70. The van der Waals surface area contributed by atoms with E-state index in [4.69, 9.17) is 0 Å². The zero-order chi connectivity index (χ0) is 12.3. The van der Waals surface area contributed by atoms with Gasteiger partial charge in [-0.3, -0.25) is 4.79 Å². The van der Waals surface area contributed by atoms with Crippen molar-refractivity contribution in [2.24, 2.45) is 7.05 Å². The molecule has 2 N–H and O–H groups in total. The Kier molecular flexibility index (Phi) is 6.11. The number of aromatic nitrogens is 2. The van der Waals surface area contributed by atoms with E-state index in [2.05, 4.69) is 31.7 Å². The van der Waals surface area contributed by atoms with Gasteiger partial charge in [0, 0.05) is 19.6 Å². The number of nitrogens with one attached hydrogen (secondary N) is 2. The number of hydrogen-bond acceptors (Lipinski definition) is 4. The molecular formula is C11H18BrClN4O. The summed E-state index contributed by atoms with van der Waals surface area (Å²) in [4.78, 5) is 11.6. The van der Waals surface area contributed by atoms with Crippen LogP contribution >= 0.6 is 28.3 Å². The average Bonchev–Trinajstić information content (AvgIpc) is 2.36. The number of piperidine rings is 1. The normalized spacial score (nSPS) is 19.1. The van der Waals surface area contributed by atoms with Gasteiger partial charge in [0.25, 0.3) is 5.56 Å². The molecule has 1 fully saturated rings. The van der Waals surface area contributed by atoms with Crippen LogP contribution in [0.1, 0.15) is 19.3 Å². The summed E-state index contributed by atoms with van der Waals surface area (Å²) in [6, 6.07) is 0.486. The van der Waals surface area contributed by atoms with Gasteiger partial charge in [-0.25, -0.2) is 4.68 Å². The summed E-state index contributed by atoms with van der Waals surface area (Å²) in [6.45, 7) is 1.91. The van der Waals surface area contributed by atoms with Gasteiger partial charge < -0.3 is 10.6 Å². The molecule has 1 aliphatic rings. The molecule has 2 rings (SSSR count). The molecule has 0 bridgehead atoms. The fraction of sp³-hybridized carbons (Fsp3) is 0.636. The van der Waals surface area contributed by atoms with Crippen molar-refractivity contribution in [2.45, 2.75) is 25.3 Å². The fourth-order valence-corrected chi connectivity index (χ4v) is 2.46. The maximum absolute atomic E-state index is 11.6. The van der Waals surface area contributed by atoms with Gasteiger partial charge in [0.1, 0.15) is 4.47 Å². The van der Waals surface area contributed by atoms with E-state index in [-0.39, 0.29) is 18.0 Å². The van der Waals surface area contributed by atoms with Crippen LogP contribution < -0.4 is 16.2 Å². The van der Waals surface area contributed by atoms with E-state index in [1.165, 1.54) is 23.9 Å². The van der Waals surface area contributed by atoms with E-state index in [1.54, 1.807) is 13.2 Å². The third-order valence-electron chi connectivity index (χ3n) is 3.03. The molecule has 1 unspecified atom stereocenters. The molecule has 102 valence electrons. The number of hydrogen-bond donors (Lipinski definition) is 2. The van der Waals surface area contributed by atoms with E-state index in [9.17, 15) is 4.79 Å². The fourth-order valence-electron chi connectivity index (χ4n) is 1.97. The van der Waals surface area contributed by atoms with Crippen LogP contribution in [0.25, 0.3) is 0 Å². The lowest BCUT2D eigenvalue weighted by Crippen LogP contribution is -2.39. The lowest BCUT2D eigenvalue weighted by Gasteiger charge is -2.24. The summed E-state index contributed by atoms with van der Waals surface area (Å²) in [7, 11) is 1.64. The van der Waals surface area contributed by atoms with Gasteiger partial charge in [-0.05, 0) is 35.3 Å². The summed E-state index contributed by atoms with van der Waals surface area (Å²) < 4.78 is 1.86. The monoisotopic (exact) mass is 336 g/mol. The standard InChI is InChI=1S/C11H17BrN4O.ClH/c1-16-11(17)10(12)9(7-15-16)14-6-8-4-2-3-5-13-8;/h7-8,13-14H,2-6H2,1H3;1H. The largest absolute Gasteiger partial charge is 0.381 e. The molecule has 0 aromatic carbocycles. The van der Waals surface area contributed by atoms with Crippen molar-refractivity contribution in [3.63, 3.8) is 0 Å². The lowest BCUT2D eigenvalue weighted by atomic mass is 10.1. The molecule has 0 saturated carbocycles. The second-order valence-electron chi connectivity index (χ2n) is 4.33. The minimum absolute atomic E-state index is 0. The van der Waals surface area contributed by atoms with E-state index in [1.807, 2.05) is 0 Å². The predicted molar refractivity (Wildman–Crippen MR) is 78.6 cm³/mol. The molecule has 2 heterocycles. The van der Waals surface area contributed by atoms with Crippen LogP contribution in [-0.4, -0.2) is 28.9 Å². The maximum Gasteiger partial charge on any atom is 0.282 e. The molecule has 0 spiro atoms. The molecular weight excluding hydrogens is 320 g/mol. The van der Waals surface area contributed by atoms with Gasteiger partial charge in [0.05, 0.1) is 11.9 Å². The number of halogens is 2. The number of nitrogens with zero attached hydrogens (tertiary/aromatic N) is 2. The molecule has 1 aromatic rings. The van der Waals surface area contributed by atoms with Crippen molar-refractivity contribution in [2.75, 3.05) is 18.4 Å². The number of anilines is 1. The molecule has 1 aliphatic heterocycles. The summed E-state index contributed by atoms with van der Waals surface area (Å²) in [5.41, 5.74) is 0.645. The highest BCUT2D eigenvalue weighted by atomic mass is 79.9. The highest BCUT2D eigenvalue weighted by molar-refractivity contribution is 9.10. The first-order valence-corrected chi connectivity index (χ1v) is 6.67. The second-order valence-corrected chi connectivity index (χ2v) is 5.12. The van der Waals surface area contributed by atoms with Gasteiger partial charge in [0.15, 0.2) is 0 Å². The van der Waals surface area contributed by atoms with Gasteiger partial charge in [-0.1, -0.05) is 6.42 Å². The first-order chi connectivity index (χ1) is 8.18. The minimum atomic E-state index is -0.119. The van der Waals surface area contributed by atoms with Gasteiger partial charge in [0.2, 0.25) is 0 Å². The zero-order valence-corrected chi connectivity index (χ0v) is 12.7. The minimum Gasteiger partial charge on any atom is -0.381 e. The van der Waals surface area contributed by atoms with Crippen LogP contribution in [0.5, 0.6) is 0 Å². The lowest BCUT2D eigenvalue weighted by molar-refractivity contribution is 0.414. The second kappa shape index (κ2) is 7.11. The van der Waals surface area contributed by atoms with Crippen LogP contribution in [-0.2, 0) is 7.05 Å². The molecule has 1 saturated heterocycles. The Labute approximate surface area is 121 Å². The maximum atomic E-state index is 11.6. The molecule has 1 aromatic heterocycles. The molecule has 5 nitrogen and oxygen atoms in total. The predicted octanol–water partition coefficient (Wildman–Crippen LogP) is 1.52. The first kappa shape index (κ1) is 15.5. The van der Waals surface area contributed by atoms with Crippen LogP contribution in [0.15, 0.2) is 15.5 Å². The van der Waals surface area contributed by atoms with Crippen molar-refractivity contribution in [1.82, 2.24) is 15.1 Å². The highest BCUT2D eigenvalue weighted by Gasteiger charge is 2.13. The van der Waals surface area contributed by atoms with Crippen molar-refractivity contribution in [1.29, 1.82) is 0 Å². The quantitative estimate of drug-likeness (QED) is 0.878. The molecule has 1 atom stereocenters. The van der Waals surface area contributed by atoms with Crippen molar-refractivity contribution in [3.05, 3.63) is 21.0 Å². The molecule has 0 amide bonds. The molecule has 0 aliphatic carbocycles. The van der Waals surface area contributed by atoms with Crippen molar-refractivity contribution >= 4 is 34.0 Å². The van der Waals surface area contributed by atoms with E-state index < -0.39 is 0 Å². The van der Waals surface area contributed by atoms with Crippen molar-refractivity contribution < 1.29 is 0 Å². The third-order valence-corrected chi connectivity index (χ3v) is 3.80. The van der Waals surface area contributed by atoms with E-state index in [0.717, 1.165) is 18.8 Å². The summed E-state index contributed by atoms with van der Waals surface area (Å²) in [5.74, 6) is 0. The van der Waals surface area contributed by atoms with Crippen LogP contribution in [0.4, 0.5) is 5.69 Å². The smallest absolute Gasteiger partial charge is 0.282 e. The Hall–Kier alpha value is -0.590. The van der Waals surface area contributed by atoms with Crippen LogP contribution in [0.3, 0.4) is 0 Å². The van der Waals surface area contributed by atoms with Gasteiger partial charge in [-0.2, -0.15) is 5.10 Å². The average molecular weight is 338 g/mol. The topological polar surface area (TPSA) is 59.0 Å². The SMILES string of the molecule is Cl.Cn1ncc(NCC2CCCCN2)c(Br)c1=O. The number of rotatable bonds is 3.